The summed E-state index contributed by atoms with van der Waals surface area (Å²) in [5.41, 5.74) is 10.0. The summed E-state index contributed by atoms with van der Waals surface area (Å²) in [6.07, 6.45) is 0. The molecule has 9 aromatic rings. The van der Waals surface area contributed by atoms with Crippen molar-refractivity contribution in [3.05, 3.63) is 182 Å². The summed E-state index contributed by atoms with van der Waals surface area (Å²) in [6, 6.07) is 66.5. The summed E-state index contributed by atoms with van der Waals surface area (Å²) in [7, 11) is 0. The molecule has 0 aromatic heterocycles. The minimum Gasteiger partial charge on any atom is -0.0622 e. The van der Waals surface area contributed by atoms with Crippen molar-refractivity contribution in [1.82, 2.24) is 0 Å². The van der Waals surface area contributed by atoms with Crippen LogP contribution in [0.3, 0.4) is 0 Å². The Bertz CT molecular complexity index is 2520. The fraction of sp³-hybridized carbons (Fsp3) is 0. The lowest BCUT2D eigenvalue weighted by Gasteiger charge is -2.21. The molecular weight excluding hydrogens is 553 g/mol. The van der Waals surface area contributed by atoms with Crippen LogP contribution in [0.2, 0.25) is 0 Å². The van der Waals surface area contributed by atoms with Crippen molar-refractivity contribution < 1.29 is 0 Å². The fourth-order valence-corrected chi connectivity index (χ4v) is 7.43. The summed E-state index contributed by atoms with van der Waals surface area (Å²) in [6.45, 7) is 0. The Morgan fingerprint density at radius 2 is 0.696 bits per heavy atom. The summed E-state index contributed by atoms with van der Waals surface area (Å²) >= 11 is 0. The van der Waals surface area contributed by atoms with Crippen molar-refractivity contribution in [2.24, 2.45) is 0 Å². The van der Waals surface area contributed by atoms with E-state index in [9.17, 15) is 0 Å². The van der Waals surface area contributed by atoms with Gasteiger partial charge in [0.25, 0.3) is 0 Å². The largest absolute Gasteiger partial charge is 0.0622 e. The van der Waals surface area contributed by atoms with Crippen LogP contribution in [-0.4, -0.2) is 0 Å². The van der Waals surface area contributed by atoms with E-state index in [1.807, 2.05) is 0 Å². The van der Waals surface area contributed by atoms with Gasteiger partial charge < -0.3 is 0 Å². The van der Waals surface area contributed by atoms with Gasteiger partial charge in [0.15, 0.2) is 0 Å². The van der Waals surface area contributed by atoms with E-state index < -0.39 is 0 Å². The molecule has 0 aliphatic heterocycles. The van der Waals surface area contributed by atoms with Crippen LogP contribution in [0.4, 0.5) is 0 Å². The van der Waals surface area contributed by atoms with Crippen molar-refractivity contribution in [1.29, 1.82) is 0 Å². The number of fused-ring (bicyclic) bond motifs is 5. The van der Waals surface area contributed by atoms with Gasteiger partial charge in [0.05, 0.1) is 0 Å². The summed E-state index contributed by atoms with van der Waals surface area (Å²) in [4.78, 5) is 0. The topological polar surface area (TPSA) is 0 Å². The van der Waals surface area contributed by atoms with E-state index in [1.165, 1.54) is 87.6 Å². The second kappa shape index (κ2) is 10.9. The number of hydrogen-bond acceptors (Lipinski definition) is 0. The Hall–Kier alpha value is -5.98. The van der Waals surface area contributed by atoms with E-state index in [-0.39, 0.29) is 0 Å². The van der Waals surface area contributed by atoms with Gasteiger partial charge >= 0.3 is 0 Å². The van der Waals surface area contributed by atoms with Crippen LogP contribution in [0, 0.1) is 0 Å². The van der Waals surface area contributed by atoms with Gasteiger partial charge in [-0.25, -0.2) is 0 Å². The molecule has 0 spiro atoms. The van der Waals surface area contributed by atoms with E-state index in [4.69, 9.17) is 0 Å². The predicted molar refractivity (Wildman–Crippen MR) is 198 cm³/mol. The number of rotatable bonds is 4. The molecule has 0 radical (unpaired) electrons. The highest BCUT2D eigenvalue weighted by atomic mass is 14.2. The fourth-order valence-electron chi connectivity index (χ4n) is 7.43. The molecule has 0 saturated carbocycles. The summed E-state index contributed by atoms with van der Waals surface area (Å²) < 4.78 is 0. The standard InChI is InChI=1S/C46H30/c1-2-15-31(16-3-1)32-18-14-19-34(29-32)45-40-25-10-12-27-42(40)46(43-28-13-11-26-41(43)45)39-24-9-8-23-38(39)44-30-33-17-4-5-20-35(33)36-21-6-7-22-37(36)44/h1-30H. The zero-order chi connectivity index (χ0) is 30.5. The third-order valence-corrected chi connectivity index (χ3v) is 9.44. The smallest absolute Gasteiger partial charge is 0.00201 e. The highest BCUT2D eigenvalue weighted by molar-refractivity contribution is 6.23. The van der Waals surface area contributed by atoms with Crippen molar-refractivity contribution in [2.75, 3.05) is 0 Å². The van der Waals surface area contributed by atoms with E-state index >= 15 is 0 Å². The molecule has 0 atom stereocenters. The Labute approximate surface area is 268 Å². The van der Waals surface area contributed by atoms with Gasteiger partial charge in [-0.1, -0.05) is 170 Å². The zero-order valence-corrected chi connectivity index (χ0v) is 25.3. The maximum Gasteiger partial charge on any atom is -0.00201 e. The molecule has 46 heavy (non-hydrogen) atoms. The van der Waals surface area contributed by atoms with Gasteiger partial charge in [0, 0.05) is 0 Å². The minimum absolute atomic E-state index is 1.23. The third kappa shape index (κ3) is 4.23. The van der Waals surface area contributed by atoms with Crippen molar-refractivity contribution >= 4 is 43.1 Å². The molecule has 214 valence electrons. The Morgan fingerprint density at radius 3 is 1.39 bits per heavy atom. The van der Waals surface area contributed by atoms with E-state index in [2.05, 4.69) is 182 Å². The van der Waals surface area contributed by atoms with Crippen LogP contribution in [0.25, 0.3) is 87.6 Å². The third-order valence-electron chi connectivity index (χ3n) is 9.44. The molecule has 9 rings (SSSR count). The second-order valence-corrected chi connectivity index (χ2v) is 12.0. The average molecular weight is 583 g/mol. The van der Waals surface area contributed by atoms with E-state index in [1.54, 1.807) is 0 Å². The molecule has 0 unspecified atom stereocenters. The molecule has 9 aromatic carbocycles. The number of benzene rings is 9. The van der Waals surface area contributed by atoms with Crippen molar-refractivity contribution in [3.63, 3.8) is 0 Å². The molecule has 0 bridgehead atoms. The molecule has 0 nitrogen and oxygen atoms in total. The van der Waals surface area contributed by atoms with Gasteiger partial charge in [-0.05, 0) is 99.7 Å². The Kier molecular flexibility index (Phi) is 6.25. The molecular formula is C46H30. The highest BCUT2D eigenvalue weighted by Crippen LogP contribution is 2.47. The SMILES string of the molecule is c1ccc(-c2cccc(-c3c4ccccc4c(-c4ccccc4-c4cc5ccccc5c5ccccc45)c4ccccc34)c2)cc1. The first kappa shape index (κ1) is 26.4. The van der Waals surface area contributed by atoms with Crippen LogP contribution < -0.4 is 0 Å². The lowest BCUT2D eigenvalue weighted by Crippen LogP contribution is -1.93. The first-order chi connectivity index (χ1) is 22.8. The van der Waals surface area contributed by atoms with Crippen LogP contribution in [0.1, 0.15) is 0 Å². The lowest BCUT2D eigenvalue weighted by molar-refractivity contribution is 1.61. The second-order valence-electron chi connectivity index (χ2n) is 12.0. The van der Waals surface area contributed by atoms with E-state index in [0.717, 1.165) is 0 Å². The predicted octanol–water partition coefficient (Wildman–Crippen LogP) is 13.0. The molecule has 0 heterocycles. The first-order valence-electron chi connectivity index (χ1n) is 15.9. The quantitative estimate of drug-likeness (QED) is 0.143. The normalized spacial score (nSPS) is 11.5. The van der Waals surface area contributed by atoms with Crippen molar-refractivity contribution in [3.8, 4) is 44.5 Å². The average Bonchev–Trinajstić information content (AvgIpc) is 3.14. The van der Waals surface area contributed by atoms with Gasteiger partial charge in [-0.15, -0.1) is 0 Å². The minimum atomic E-state index is 1.23. The monoisotopic (exact) mass is 582 g/mol. The molecule has 0 aliphatic carbocycles. The Balaban J connectivity index is 1.36. The van der Waals surface area contributed by atoms with E-state index in [0.29, 0.717) is 0 Å². The van der Waals surface area contributed by atoms with Crippen LogP contribution >= 0.6 is 0 Å². The molecule has 0 amide bonds. The zero-order valence-electron chi connectivity index (χ0n) is 25.3. The lowest BCUT2D eigenvalue weighted by atomic mass is 9.82. The van der Waals surface area contributed by atoms with Crippen LogP contribution in [0.15, 0.2) is 182 Å². The Morgan fingerprint density at radius 1 is 0.217 bits per heavy atom. The van der Waals surface area contributed by atoms with Gasteiger partial charge in [0.1, 0.15) is 0 Å². The molecule has 0 heteroatoms. The molecule has 0 saturated heterocycles. The summed E-state index contributed by atoms with van der Waals surface area (Å²) in [5.74, 6) is 0. The van der Waals surface area contributed by atoms with Gasteiger partial charge in [0.2, 0.25) is 0 Å². The van der Waals surface area contributed by atoms with Crippen LogP contribution in [0.5, 0.6) is 0 Å². The maximum absolute atomic E-state index is 2.38. The molecule has 0 aliphatic rings. The van der Waals surface area contributed by atoms with Crippen molar-refractivity contribution in [2.45, 2.75) is 0 Å². The van der Waals surface area contributed by atoms with Gasteiger partial charge in [-0.2, -0.15) is 0 Å². The maximum atomic E-state index is 2.38. The molecule has 0 fully saturated rings. The highest BCUT2D eigenvalue weighted by Gasteiger charge is 2.20. The first-order valence-corrected chi connectivity index (χ1v) is 15.9. The summed E-state index contributed by atoms with van der Waals surface area (Å²) in [5, 5.41) is 10.2. The van der Waals surface area contributed by atoms with Gasteiger partial charge in [-0.3, -0.25) is 0 Å². The molecule has 0 N–H and O–H groups in total. The van der Waals surface area contributed by atoms with Crippen LogP contribution in [-0.2, 0) is 0 Å². The number of hydrogen-bond donors (Lipinski definition) is 0.